The van der Waals surface area contributed by atoms with Gasteiger partial charge in [-0.2, -0.15) is 4.98 Å². The van der Waals surface area contributed by atoms with Crippen molar-refractivity contribution < 1.29 is 4.79 Å². The van der Waals surface area contributed by atoms with Crippen molar-refractivity contribution in [2.45, 2.75) is 6.54 Å². The molecule has 0 unspecified atom stereocenters. The Morgan fingerprint density at radius 3 is 2.35 bits per heavy atom. The number of aromatic nitrogens is 4. The van der Waals surface area contributed by atoms with E-state index in [-0.39, 0.29) is 5.91 Å². The molecule has 1 saturated heterocycles. The van der Waals surface area contributed by atoms with Crippen LogP contribution in [-0.2, 0) is 13.6 Å². The lowest BCUT2D eigenvalue weighted by Gasteiger charge is -2.35. The number of carbonyl (C=O) groups is 1. The Morgan fingerprint density at radius 2 is 1.68 bits per heavy atom. The number of hydrogen-bond donors (Lipinski definition) is 1. The minimum absolute atomic E-state index is 0.00578. The van der Waals surface area contributed by atoms with Crippen LogP contribution in [0.1, 0.15) is 15.9 Å². The van der Waals surface area contributed by atoms with Crippen LogP contribution in [0.2, 0.25) is 5.02 Å². The molecule has 0 bridgehead atoms. The minimum Gasteiger partial charge on any atom is -0.339 e. The molecule has 2 aromatic heterocycles. The average molecular weight is 479 g/mol. The van der Waals surface area contributed by atoms with E-state index < -0.39 is 11.2 Å². The molecular formula is C24H23ClN6O3. The first-order valence-corrected chi connectivity index (χ1v) is 11.3. The van der Waals surface area contributed by atoms with Gasteiger partial charge < -0.3 is 9.80 Å². The molecule has 34 heavy (non-hydrogen) atoms. The van der Waals surface area contributed by atoms with Gasteiger partial charge in [0.25, 0.3) is 11.5 Å². The summed E-state index contributed by atoms with van der Waals surface area (Å²) in [6, 6.07) is 16.6. The fourth-order valence-electron chi connectivity index (χ4n) is 4.26. The molecular weight excluding hydrogens is 456 g/mol. The van der Waals surface area contributed by atoms with Crippen molar-refractivity contribution in [3.63, 3.8) is 0 Å². The molecule has 2 aromatic carbocycles. The predicted molar refractivity (Wildman–Crippen MR) is 131 cm³/mol. The Labute approximate surface area is 199 Å². The van der Waals surface area contributed by atoms with E-state index >= 15 is 0 Å². The molecule has 3 heterocycles. The number of rotatable bonds is 4. The van der Waals surface area contributed by atoms with Crippen molar-refractivity contribution in [3.8, 4) is 0 Å². The van der Waals surface area contributed by atoms with E-state index in [0.29, 0.717) is 60.4 Å². The number of halogens is 1. The number of H-pyrrole nitrogens is 1. The monoisotopic (exact) mass is 478 g/mol. The molecule has 4 aromatic rings. The Balaban J connectivity index is 1.49. The highest BCUT2D eigenvalue weighted by atomic mass is 35.5. The summed E-state index contributed by atoms with van der Waals surface area (Å²) in [5, 5.41) is 0.624. The number of amides is 1. The number of nitrogens with one attached hydrogen (secondary N) is 1. The number of hydrogen-bond acceptors (Lipinski definition) is 5. The molecule has 0 aliphatic carbocycles. The van der Waals surface area contributed by atoms with Crippen molar-refractivity contribution in [3.05, 3.63) is 91.6 Å². The van der Waals surface area contributed by atoms with Gasteiger partial charge in [-0.3, -0.25) is 23.7 Å². The predicted octanol–water partition coefficient (Wildman–Crippen LogP) is 2.09. The summed E-state index contributed by atoms with van der Waals surface area (Å²) in [6.07, 6.45) is 0. The van der Waals surface area contributed by atoms with E-state index in [1.807, 2.05) is 51.9 Å². The van der Waals surface area contributed by atoms with Crippen LogP contribution in [0.3, 0.4) is 0 Å². The second kappa shape index (κ2) is 8.83. The number of benzene rings is 2. The molecule has 0 atom stereocenters. The maximum Gasteiger partial charge on any atom is 0.329 e. The first-order chi connectivity index (χ1) is 16.4. The summed E-state index contributed by atoms with van der Waals surface area (Å²) in [4.78, 5) is 48.8. The maximum absolute atomic E-state index is 12.8. The van der Waals surface area contributed by atoms with Crippen molar-refractivity contribution >= 4 is 34.6 Å². The van der Waals surface area contributed by atoms with Gasteiger partial charge in [-0.05, 0) is 29.8 Å². The summed E-state index contributed by atoms with van der Waals surface area (Å²) in [5.74, 6) is 0.581. The fraction of sp³-hybridized carbons (Fsp3) is 0.250. The number of aryl methyl sites for hydroxylation is 1. The summed E-state index contributed by atoms with van der Waals surface area (Å²) < 4.78 is 3.17. The van der Waals surface area contributed by atoms with E-state index in [1.165, 1.54) is 4.57 Å². The van der Waals surface area contributed by atoms with E-state index in [0.717, 1.165) is 5.56 Å². The van der Waals surface area contributed by atoms with Crippen LogP contribution < -0.4 is 16.1 Å². The number of aromatic amines is 1. The number of anilines is 1. The zero-order chi connectivity index (χ0) is 23.8. The largest absolute Gasteiger partial charge is 0.339 e. The van der Waals surface area contributed by atoms with Crippen LogP contribution in [0.5, 0.6) is 0 Å². The second-order valence-electron chi connectivity index (χ2n) is 8.26. The quantitative estimate of drug-likeness (QED) is 0.484. The standard InChI is InChI=1S/C24H23ClN6O3/c1-28-20-19(21(32)27-24(28)34)31(15-16-7-9-18(25)10-8-16)23(26-20)30-13-11-29(12-14-30)22(33)17-5-3-2-4-6-17/h2-10H,11-15H2,1H3,(H,27,32,34). The third-order valence-electron chi connectivity index (χ3n) is 6.11. The Bertz CT molecular complexity index is 1470. The highest BCUT2D eigenvalue weighted by molar-refractivity contribution is 6.30. The third-order valence-corrected chi connectivity index (χ3v) is 6.36. The van der Waals surface area contributed by atoms with Gasteiger partial charge in [0.05, 0.1) is 6.54 Å². The van der Waals surface area contributed by atoms with Crippen LogP contribution in [0.25, 0.3) is 11.2 Å². The third kappa shape index (κ3) is 3.99. The molecule has 9 nitrogen and oxygen atoms in total. The van der Waals surface area contributed by atoms with Crippen LogP contribution >= 0.6 is 11.6 Å². The Hall–Kier alpha value is -3.85. The zero-order valence-corrected chi connectivity index (χ0v) is 19.3. The molecule has 10 heteroatoms. The Kier molecular flexibility index (Phi) is 5.70. The van der Waals surface area contributed by atoms with Gasteiger partial charge in [-0.25, -0.2) is 4.79 Å². The lowest BCUT2D eigenvalue weighted by Crippen LogP contribution is -2.49. The van der Waals surface area contributed by atoms with Gasteiger partial charge in [-0.15, -0.1) is 0 Å². The lowest BCUT2D eigenvalue weighted by molar-refractivity contribution is 0.0746. The van der Waals surface area contributed by atoms with Crippen molar-refractivity contribution in [1.29, 1.82) is 0 Å². The molecule has 0 radical (unpaired) electrons. The topological polar surface area (TPSA) is 96.2 Å². The van der Waals surface area contributed by atoms with Crippen molar-refractivity contribution in [2.75, 3.05) is 31.1 Å². The van der Waals surface area contributed by atoms with E-state index in [9.17, 15) is 14.4 Å². The molecule has 0 saturated carbocycles. The molecule has 0 spiro atoms. The number of nitrogens with zero attached hydrogens (tertiary/aromatic N) is 5. The summed E-state index contributed by atoms with van der Waals surface area (Å²) in [5.41, 5.74) is 1.25. The molecule has 5 rings (SSSR count). The number of fused-ring (bicyclic) bond motifs is 1. The van der Waals surface area contributed by atoms with Crippen LogP contribution in [0.15, 0.2) is 64.2 Å². The smallest absolute Gasteiger partial charge is 0.329 e. The van der Waals surface area contributed by atoms with E-state index in [4.69, 9.17) is 16.6 Å². The first-order valence-electron chi connectivity index (χ1n) is 11.0. The Morgan fingerprint density at radius 1 is 1.00 bits per heavy atom. The van der Waals surface area contributed by atoms with Gasteiger partial charge in [-0.1, -0.05) is 41.9 Å². The van der Waals surface area contributed by atoms with E-state index in [1.54, 1.807) is 19.2 Å². The summed E-state index contributed by atoms with van der Waals surface area (Å²) in [7, 11) is 1.58. The highest BCUT2D eigenvalue weighted by Gasteiger charge is 2.27. The van der Waals surface area contributed by atoms with Gasteiger partial charge in [0.1, 0.15) is 0 Å². The maximum atomic E-state index is 12.8. The normalized spacial score (nSPS) is 14.1. The summed E-state index contributed by atoms with van der Waals surface area (Å²) >= 11 is 6.04. The van der Waals surface area contributed by atoms with Crippen molar-refractivity contribution in [2.24, 2.45) is 7.05 Å². The molecule has 1 fully saturated rings. The SMILES string of the molecule is Cn1c(=O)[nH]c(=O)c2c1nc(N1CCN(C(=O)c3ccccc3)CC1)n2Cc1ccc(Cl)cc1. The molecule has 1 N–H and O–H groups in total. The van der Waals surface area contributed by atoms with Gasteiger partial charge >= 0.3 is 5.69 Å². The molecule has 1 aliphatic heterocycles. The van der Waals surface area contributed by atoms with Crippen LogP contribution in [-0.4, -0.2) is 56.1 Å². The fourth-order valence-corrected chi connectivity index (χ4v) is 4.39. The highest BCUT2D eigenvalue weighted by Crippen LogP contribution is 2.23. The zero-order valence-electron chi connectivity index (χ0n) is 18.6. The number of imidazole rings is 1. The lowest BCUT2D eigenvalue weighted by atomic mass is 10.2. The molecule has 174 valence electrons. The van der Waals surface area contributed by atoms with E-state index in [2.05, 4.69) is 9.88 Å². The van der Waals surface area contributed by atoms with Crippen LogP contribution in [0, 0.1) is 0 Å². The number of carbonyl (C=O) groups excluding carboxylic acids is 1. The average Bonchev–Trinajstić information content (AvgIpc) is 3.24. The van der Waals surface area contributed by atoms with Crippen molar-refractivity contribution in [1.82, 2.24) is 24.0 Å². The second-order valence-corrected chi connectivity index (χ2v) is 8.70. The van der Waals surface area contributed by atoms with Crippen LogP contribution in [0.4, 0.5) is 5.95 Å². The van der Waals surface area contributed by atoms with Gasteiger partial charge in [0.2, 0.25) is 5.95 Å². The van der Waals surface area contributed by atoms with Gasteiger partial charge in [0, 0.05) is 43.8 Å². The molecule has 1 amide bonds. The molecule has 1 aliphatic rings. The summed E-state index contributed by atoms with van der Waals surface area (Å²) in [6.45, 7) is 2.52. The number of piperazine rings is 1. The van der Waals surface area contributed by atoms with Gasteiger partial charge in [0.15, 0.2) is 11.2 Å². The minimum atomic E-state index is -0.515. The first kappa shape index (κ1) is 22.0.